The van der Waals surface area contributed by atoms with Gasteiger partial charge in [0.05, 0.1) is 16.1 Å². The molecule has 0 radical (unpaired) electrons. The summed E-state index contributed by atoms with van der Waals surface area (Å²) in [4.78, 5) is 33.3. The molecular weight excluding hydrogens is 396 g/mol. The van der Waals surface area contributed by atoms with Gasteiger partial charge in [-0.1, -0.05) is 35.6 Å². The molecule has 1 N–H and O–H groups in total. The second-order valence-electron chi connectivity index (χ2n) is 7.86. The Morgan fingerprint density at radius 2 is 1.93 bits per heavy atom. The summed E-state index contributed by atoms with van der Waals surface area (Å²) in [6.45, 7) is 2.10. The fourth-order valence-electron chi connectivity index (χ4n) is 3.72. The van der Waals surface area contributed by atoms with Gasteiger partial charge in [0.15, 0.2) is 5.13 Å². The number of rotatable bonds is 5. The van der Waals surface area contributed by atoms with Gasteiger partial charge in [0.25, 0.3) is 5.91 Å². The molecular formula is C23H26N4O2S. The molecule has 1 aliphatic rings. The van der Waals surface area contributed by atoms with E-state index in [4.69, 9.17) is 4.98 Å². The summed E-state index contributed by atoms with van der Waals surface area (Å²) in [5, 5.41) is 4.06. The quantitative estimate of drug-likeness (QED) is 0.683. The molecule has 0 spiro atoms. The van der Waals surface area contributed by atoms with Crippen LogP contribution in [0.1, 0.15) is 28.8 Å². The van der Waals surface area contributed by atoms with Crippen LogP contribution in [-0.2, 0) is 11.3 Å². The molecule has 1 aromatic heterocycles. The van der Waals surface area contributed by atoms with Crippen LogP contribution in [0.2, 0.25) is 0 Å². The van der Waals surface area contributed by atoms with E-state index in [9.17, 15) is 9.59 Å². The minimum Gasteiger partial charge on any atom is -0.352 e. The first-order chi connectivity index (χ1) is 14.5. The molecule has 4 rings (SSSR count). The van der Waals surface area contributed by atoms with Gasteiger partial charge in [0.2, 0.25) is 5.91 Å². The normalized spacial score (nSPS) is 16.5. The largest absolute Gasteiger partial charge is 0.352 e. The van der Waals surface area contributed by atoms with E-state index in [1.165, 1.54) is 4.70 Å². The number of hydrogen-bond donors (Lipinski definition) is 1. The number of aromatic nitrogens is 1. The highest BCUT2D eigenvalue weighted by Gasteiger charge is 2.27. The number of carbonyl (C=O) groups is 2. The number of carbonyl (C=O) groups excluding carboxylic acids is 2. The van der Waals surface area contributed by atoms with Crippen LogP contribution in [0.4, 0.5) is 5.13 Å². The summed E-state index contributed by atoms with van der Waals surface area (Å²) in [6, 6.07) is 15.5. The number of nitrogens with zero attached hydrogens (tertiary/aromatic N) is 3. The summed E-state index contributed by atoms with van der Waals surface area (Å²) in [5.74, 6) is 0.0114. The van der Waals surface area contributed by atoms with Gasteiger partial charge < -0.3 is 15.1 Å². The molecule has 0 saturated carbocycles. The number of thiazole rings is 1. The van der Waals surface area contributed by atoms with Crippen LogP contribution in [-0.4, -0.2) is 48.9 Å². The van der Waals surface area contributed by atoms with Crippen molar-refractivity contribution in [3.05, 3.63) is 59.7 Å². The van der Waals surface area contributed by atoms with Crippen molar-refractivity contribution in [3.8, 4) is 0 Å². The van der Waals surface area contributed by atoms with Crippen molar-refractivity contribution >= 4 is 38.5 Å². The van der Waals surface area contributed by atoms with Crippen molar-refractivity contribution in [1.82, 2.24) is 15.2 Å². The lowest BCUT2D eigenvalue weighted by molar-refractivity contribution is -0.125. The van der Waals surface area contributed by atoms with E-state index in [2.05, 4.69) is 16.3 Å². The highest BCUT2D eigenvalue weighted by molar-refractivity contribution is 7.22. The number of nitrogens with one attached hydrogen (secondary N) is 1. The number of para-hydroxylation sites is 1. The lowest BCUT2D eigenvalue weighted by Gasteiger charge is -2.31. The smallest absolute Gasteiger partial charge is 0.253 e. The SMILES string of the molecule is CN(C)C(=O)c1ccc(CNC(=O)C2CCCN(c3nc4ccccc4s3)C2)cc1. The van der Waals surface area contributed by atoms with E-state index < -0.39 is 0 Å². The molecule has 1 aliphatic heterocycles. The maximum Gasteiger partial charge on any atom is 0.253 e. The highest BCUT2D eigenvalue weighted by Crippen LogP contribution is 2.31. The number of anilines is 1. The molecule has 6 nitrogen and oxygen atoms in total. The van der Waals surface area contributed by atoms with E-state index >= 15 is 0 Å². The highest BCUT2D eigenvalue weighted by atomic mass is 32.1. The van der Waals surface area contributed by atoms with E-state index in [0.29, 0.717) is 18.7 Å². The van der Waals surface area contributed by atoms with Gasteiger partial charge in [-0.25, -0.2) is 4.98 Å². The Hall–Kier alpha value is -2.93. The maximum absolute atomic E-state index is 12.8. The Kier molecular flexibility index (Phi) is 5.99. The van der Waals surface area contributed by atoms with Gasteiger partial charge in [-0.3, -0.25) is 9.59 Å². The minimum absolute atomic E-state index is 0.0252. The molecule has 1 unspecified atom stereocenters. The minimum atomic E-state index is -0.0413. The third-order valence-corrected chi connectivity index (χ3v) is 6.52. The van der Waals surface area contributed by atoms with Crippen molar-refractivity contribution < 1.29 is 9.59 Å². The first-order valence-electron chi connectivity index (χ1n) is 10.2. The average Bonchev–Trinajstić information content (AvgIpc) is 3.22. The van der Waals surface area contributed by atoms with Crippen molar-refractivity contribution in [1.29, 1.82) is 0 Å². The first-order valence-corrected chi connectivity index (χ1v) is 11.0. The van der Waals surface area contributed by atoms with Gasteiger partial charge in [-0.2, -0.15) is 0 Å². The van der Waals surface area contributed by atoms with Crippen LogP contribution in [0.5, 0.6) is 0 Å². The number of piperidine rings is 1. The standard InChI is InChI=1S/C23H26N4O2S/c1-26(2)22(29)17-11-9-16(10-12-17)14-24-21(28)18-6-5-13-27(15-18)23-25-19-7-3-4-8-20(19)30-23/h3-4,7-12,18H,5-6,13-15H2,1-2H3,(H,24,28). The van der Waals surface area contributed by atoms with E-state index in [0.717, 1.165) is 35.6 Å². The third-order valence-electron chi connectivity index (χ3n) is 5.42. The molecule has 2 amide bonds. The van der Waals surface area contributed by atoms with Gasteiger partial charge in [0, 0.05) is 39.3 Å². The van der Waals surface area contributed by atoms with Crippen molar-refractivity contribution in [2.24, 2.45) is 5.92 Å². The van der Waals surface area contributed by atoms with Gasteiger partial charge in [-0.05, 0) is 42.7 Å². The zero-order valence-corrected chi connectivity index (χ0v) is 18.1. The summed E-state index contributed by atoms with van der Waals surface area (Å²) < 4.78 is 1.18. The van der Waals surface area contributed by atoms with Crippen LogP contribution in [0, 0.1) is 5.92 Å². The van der Waals surface area contributed by atoms with Gasteiger partial charge in [0.1, 0.15) is 0 Å². The fourth-order valence-corrected chi connectivity index (χ4v) is 4.72. The predicted octanol–water partition coefficient (Wildman–Crippen LogP) is 3.53. The zero-order chi connectivity index (χ0) is 21.1. The second kappa shape index (κ2) is 8.83. The number of benzene rings is 2. The van der Waals surface area contributed by atoms with Crippen LogP contribution < -0.4 is 10.2 Å². The summed E-state index contributed by atoms with van der Waals surface area (Å²) in [7, 11) is 3.47. The van der Waals surface area contributed by atoms with Crippen LogP contribution in [0.3, 0.4) is 0 Å². The van der Waals surface area contributed by atoms with Gasteiger partial charge in [-0.15, -0.1) is 0 Å². The Morgan fingerprint density at radius 3 is 2.67 bits per heavy atom. The fraction of sp³-hybridized carbons (Fsp3) is 0.348. The summed E-state index contributed by atoms with van der Waals surface area (Å²) in [5.41, 5.74) is 2.64. The molecule has 2 aromatic carbocycles. The molecule has 7 heteroatoms. The average molecular weight is 423 g/mol. The summed E-state index contributed by atoms with van der Waals surface area (Å²) in [6.07, 6.45) is 1.87. The predicted molar refractivity (Wildman–Crippen MR) is 121 cm³/mol. The number of fused-ring (bicyclic) bond motifs is 1. The molecule has 156 valence electrons. The Morgan fingerprint density at radius 1 is 1.17 bits per heavy atom. The topological polar surface area (TPSA) is 65.5 Å². The maximum atomic E-state index is 12.8. The van der Waals surface area contributed by atoms with Crippen molar-refractivity contribution in [2.75, 3.05) is 32.1 Å². The Balaban J connectivity index is 1.34. The molecule has 1 fully saturated rings. The lowest BCUT2D eigenvalue weighted by Crippen LogP contribution is -2.42. The van der Waals surface area contributed by atoms with E-state index in [1.54, 1.807) is 42.5 Å². The zero-order valence-electron chi connectivity index (χ0n) is 17.3. The monoisotopic (exact) mass is 422 g/mol. The molecule has 1 saturated heterocycles. The Labute approximate surface area is 180 Å². The molecule has 30 heavy (non-hydrogen) atoms. The van der Waals surface area contributed by atoms with Gasteiger partial charge >= 0.3 is 0 Å². The van der Waals surface area contributed by atoms with Crippen LogP contribution in [0.25, 0.3) is 10.2 Å². The number of hydrogen-bond acceptors (Lipinski definition) is 5. The van der Waals surface area contributed by atoms with E-state index in [1.807, 2.05) is 30.3 Å². The molecule has 3 aromatic rings. The van der Waals surface area contributed by atoms with E-state index in [-0.39, 0.29) is 17.7 Å². The summed E-state index contributed by atoms with van der Waals surface area (Å²) >= 11 is 1.69. The first kappa shape index (κ1) is 20.3. The Bertz CT molecular complexity index is 1010. The third kappa shape index (κ3) is 4.46. The van der Waals surface area contributed by atoms with Crippen molar-refractivity contribution in [2.45, 2.75) is 19.4 Å². The molecule has 0 aliphatic carbocycles. The molecule has 0 bridgehead atoms. The van der Waals surface area contributed by atoms with Crippen LogP contribution >= 0.6 is 11.3 Å². The second-order valence-corrected chi connectivity index (χ2v) is 8.87. The van der Waals surface area contributed by atoms with Crippen LogP contribution in [0.15, 0.2) is 48.5 Å². The molecule has 1 atom stereocenters. The molecule has 2 heterocycles. The van der Waals surface area contributed by atoms with Crippen molar-refractivity contribution in [3.63, 3.8) is 0 Å². The lowest BCUT2D eigenvalue weighted by atomic mass is 9.97. The number of amides is 2.